The molecule has 0 bridgehead atoms. The van der Waals surface area contributed by atoms with Gasteiger partial charge in [0.25, 0.3) is 0 Å². The summed E-state index contributed by atoms with van der Waals surface area (Å²) in [5.41, 5.74) is 2.84. The molecule has 4 heteroatoms. The fourth-order valence-corrected chi connectivity index (χ4v) is 5.00. The van der Waals surface area contributed by atoms with Crippen LogP contribution in [0, 0.1) is 5.82 Å². The van der Waals surface area contributed by atoms with Gasteiger partial charge in [-0.2, -0.15) is 0 Å². The summed E-state index contributed by atoms with van der Waals surface area (Å²) in [6.45, 7) is 2.30. The van der Waals surface area contributed by atoms with Gasteiger partial charge in [0.1, 0.15) is 5.82 Å². The second kappa shape index (κ2) is 5.84. The van der Waals surface area contributed by atoms with Crippen molar-refractivity contribution in [3.8, 4) is 0 Å². The number of halogens is 1. The van der Waals surface area contributed by atoms with Crippen LogP contribution in [0.5, 0.6) is 0 Å². The molecule has 2 aromatic rings. The third-order valence-electron chi connectivity index (χ3n) is 5.10. The number of hydrogen-bond acceptors (Lipinski definition) is 3. The van der Waals surface area contributed by atoms with Crippen molar-refractivity contribution in [1.29, 1.82) is 0 Å². The Bertz CT molecular complexity index is 716. The number of hydrogen-bond donors (Lipinski definition) is 0. The smallest absolute Gasteiger partial charge is 0.123 e. The zero-order chi connectivity index (χ0) is 16.0. The van der Waals surface area contributed by atoms with E-state index in [9.17, 15) is 4.39 Å². The van der Waals surface area contributed by atoms with Gasteiger partial charge in [-0.15, -0.1) is 0 Å². The van der Waals surface area contributed by atoms with E-state index in [0.717, 1.165) is 11.4 Å². The second-order valence-electron chi connectivity index (χ2n) is 6.59. The Balaban J connectivity index is 1.70. The highest BCUT2D eigenvalue weighted by Gasteiger charge is 2.40. The van der Waals surface area contributed by atoms with Gasteiger partial charge in [-0.1, -0.05) is 23.9 Å². The topological polar surface area (TPSA) is 6.48 Å². The van der Waals surface area contributed by atoms with E-state index in [0.29, 0.717) is 12.0 Å². The molecule has 2 aliphatic rings. The number of likely N-dealkylation sites (tertiary alicyclic amines) is 1. The van der Waals surface area contributed by atoms with Gasteiger partial charge >= 0.3 is 0 Å². The molecule has 0 aromatic heterocycles. The number of benzene rings is 2. The van der Waals surface area contributed by atoms with Crippen molar-refractivity contribution in [2.45, 2.75) is 28.2 Å². The summed E-state index contributed by atoms with van der Waals surface area (Å²) in [4.78, 5) is 7.26. The first-order chi connectivity index (χ1) is 11.1. The lowest BCUT2D eigenvalue weighted by atomic mass is 9.89. The van der Waals surface area contributed by atoms with E-state index in [-0.39, 0.29) is 5.82 Å². The Kier molecular flexibility index (Phi) is 3.82. The molecule has 0 N–H and O–H groups in total. The zero-order valence-corrected chi connectivity index (χ0v) is 14.3. The van der Waals surface area contributed by atoms with Crippen LogP contribution < -0.4 is 4.90 Å². The fraction of sp³-hybridized carbons (Fsp3) is 0.368. The van der Waals surface area contributed by atoms with E-state index >= 15 is 0 Å². The number of para-hydroxylation sites is 1. The van der Waals surface area contributed by atoms with Gasteiger partial charge in [-0.3, -0.25) is 0 Å². The molecule has 23 heavy (non-hydrogen) atoms. The molecule has 0 saturated carbocycles. The van der Waals surface area contributed by atoms with E-state index in [1.807, 2.05) is 12.1 Å². The number of piperidine rings is 1. The van der Waals surface area contributed by atoms with Crippen LogP contribution in [0.3, 0.4) is 0 Å². The third kappa shape index (κ3) is 2.64. The Hall–Kier alpha value is -1.52. The molecule has 1 saturated heterocycles. The molecule has 2 nitrogen and oxygen atoms in total. The molecule has 0 aliphatic carbocycles. The third-order valence-corrected chi connectivity index (χ3v) is 6.16. The highest BCUT2D eigenvalue weighted by molar-refractivity contribution is 7.99. The van der Waals surface area contributed by atoms with Gasteiger partial charge in [0.2, 0.25) is 0 Å². The van der Waals surface area contributed by atoms with Gasteiger partial charge in [-0.05, 0) is 55.9 Å². The maximum atomic E-state index is 13.1. The van der Waals surface area contributed by atoms with Crippen molar-refractivity contribution in [2.24, 2.45) is 0 Å². The van der Waals surface area contributed by atoms with Gasteiger partial charge in [0.05, 0.1) is 5.69 Å². The van der Waals surface area contributed by atoms with Gasteiger partial charge < -0.3 is 9.80 Å². The summed E-state index contributed by atoms with van der Waals surface area (Å²) in [5, 5.41) is 0. The van der Waals surface area contributed by atoms with Crippen molar-refractivity contribution in [3.05, 3.63) is 53.8 Å². The largest absolute Gasteiger partial charge is 0.370 e. The second-order valence-corrected chi connectivity index (χ2v) is 7.70. The van der Waals surface area contributed by atoms with Crippen LogP contribution in [0.1, 0.15) is 17.9 Å². The van der Waals surface area contributed by atoms with E-state index in [2.05, 4.69) is 42.1 Å². The van der Waals surface area contributed by atoms with Crippen LogP contribution in [0.25, 0.3) is 0 Å². The number of rotatable bonds is 2. The van der Waals surface area contributed by atoms with Crippen LogP contribution in [0.2, 0.25) is 0 Å². The van der Waals surface area contributed by atoms with Crippen LogP contribution >= 0.6 is 11.8 Å². The lowest BCUT2D eigenvalue weighted by molar-refractivity contribution is 0.234. The molecular formula is C19H21FN2S. The molecule has 0 unspecified atom stereocenters. The lowest BCUT2D eigenvalue weighted by Crippen LogP contribution is -2.43. The summed E-state index contributed by atoms with van der Waals surface area (Å²) >= 11 is 1.73. The minimum absolute atomic E-state index is 0.182. The highest BCUT2D eigenvalue weighted by Crippen LogP contribution is 2.49. The number of likely N-dealkylation sites (N-methyl/N-ethyl adjacent to an activating group) is 2. The molecule has 4 rings (SSSR count). The van der Waals surface area contributed by atoms with Crippen molar-refractivity contribution < 1.29 is 4.39 Å². The maximum absolute atomic E-state index is 13.1. The molecule has 2 atom stereocenters. The molecule has 0 radical (unpaired) electrons. The minimum atomic E-state index is -0.182. The maximum Gasteiger partial charge on any atom is 0.123 e. The SMILES string of the molecule is CN1CC[C@@H]2[C@@H](C1)c1cccc(Sc3ccc(F)cc3)c1N2C. The molecule has 0 spiro atoms. The molecule has 120 valence electrons. The molecule has 2 aromatic carbocycles. The predicted molar refractivity (Wildman–Crippen MR) is 94.0 cm³/mol. The quantitative estimate of drug-likeness (QED) is 0.815. The number of nitrogens with zero attached hydrogens (tertiary/aromatic N) is 2. The summed E-state index contributed by atoms with van der Waals surface area (Å²) in [6, 6.07) is 14.0. The van der Waals surface area contributed by atoms with Gasteiger partial charge in [-0.25, -0.2) is 4.39 Å². The number of fused-ring (bicyclic) bond motifs is 3. The first kappa shape index (κ1) is 15.0. The average molecular weight is 328 g/mol. The first-order valence-corrected chi connectivity index (χ1v) is 8.93. The van der Waals surface area contributed by atoms with Crippen molar-refractivity contribution >= 4 is 17.4 Å². The standard InChI is InChI=1S/C19H21FN2S/c1-21-11-10-17-16(12-21)15-4-3-5-18(19(15)22(17)2)23-14-8-6-13(20)7-9-14/h3-9,16-17H,10-12H2,1-2H3/t16-,17+/m0/s1. The zero-order valence-electron chi connectivity index (χ0n) is 13.5. The van der Waals surface area contributed by atoms with Gasteiger partial charge in [0.15, 0.2) is 0 Å². The number of anilines is 1. The fourth-order valence-electron chi connectivity index (χ4n) is 3.97. The van der Waals surface area contributed by atoms with Gasteiger partial charge in [0, 0.05) is 35.3 Å². The Labute approximate surface area is 141 Å². The monoisotopic (exact) mass is 328 g/mol. The Morgan fingerprint density at radius 2 is 1.87 bits per heavy atom. The molecule has 2 heterocycles. The van der Waals surface area contributed by atoms with Crippen LogP contribution in [-0.2, 0) is 0 Å². The van der Waals surface area contributed by atoms with Crippen molar-refractivity contribution in [2.75, 3.05) is 32.1 Å². The van der Waals surface area contributed by atoms with E-state index in [4.69, 9.17) is 0 Å². The van der Waals surface area contributed by atoms with Crippen LogP contribution in [0.4, 0.5) is 10.1 Å². The normalized spacial score (nSPS) is 23.7. The molecule has 0 amide bonds. The average Bonchev–Trinajstić information content (AvgIpc) is 2.83. The van der Waals surface area contributed by atoms with Crippen molar-refractivity contribution in [1.82, 2.24) is 4.90 Å². The summed E-state index contributed by atoms with van der Waals surface area (Å²) in [6.07, 6.45) is 1.22. The van der Waals surface area contributed by atoms with E-state index in [1.54, 1.807) is 11.8 Å². The van der Waals surface area contributed by atoms with Crippen LogP contribution in [-0.4, -0.2) is 38.1 Å². The van der Waals surface area contributed by atoms with Crippen molar-refractivity contribution in [3.63, 3.8) is 0 Å². The van der Waals surface area contributed by atoms with E-state index < -0.39 is 0 Å². The minimum Gasteiger partial charge on any atom is -0.370 e. The Morgan fingerprint density at radius 1 is 1.09 bits per heavy atom. The summed E-state index contributed by atoms with van der Waals surface area (Å²) in [5.74, 6) is 0.418. The molecule has 2 aliphatic heterocycles. The molecule has 1 fully saturated rings. The Morgan fingerprint density at radius 3 is 2.65 bits per heavy atom. The highest BCUT2D eigenvalue weighted by atomic mass is 32.2. The first-order valence-electron chi connectivity index (χ1n) is 8.11. The summed E-state index contributed by atoms with van der Waals surface area (Å²) in [7, 11) is 4.44. The predicted octanol–water partition coefficient (Wildman–Crippen LogP) is 4.21. The molecular weight excluding hydrogens is 307 g/mol. The summed E-state index contributed by atoms with van der Waals surface area (Å²) < 4.78 is 13.1. The lowest BCUT2D eigenvalue weighted by Gasteiger charge is -2.35. The van der Waals surface area contributed by atoms with E-state index in [1.165, 1.54) is 41.2 Å². The van der Waals surface area contributed by atoms with Crippen LogP contribution in [0.15, 0.2) is 52.3 Å².